The Morgan fingerprint density at radius 3 is 2.84 bits per heavy atom. The predicted molar refractivity (Wildman–Crippen MR) is 69.1 cm³/mol. The van der Waals surface area contributed by atoms with Crippen molar-refractivity contribution >= 4 is 17.6 Å². The molecular weight excluding hydrogens is 246 g/mol. The van der Waals surface area contributed by atoms with Gasteiger partial charge in [0.25, 0.3) is 5.91 Å². The summed E-state index contributed by atoms with van der Waals surface area (Å²) < 4.78 is 4.84. The van der Waals surface area contributed by atoms with Crippen molar-refractivity contribution in [2.45, 2.75) is 13.3 Å². The lowest BCUT2D eigenvalue weighted by Gasteiger charge is -2.06. The highest BCUT2D eigenvalue weighted by molar-refractivity contribution is 5.92. The van der Waals surface area contributed by atoms with E-state index in [0.29, 0.717) is 11.3 Å². The fourth-order valence-corrected chi connectivity index (χ4v) is 1.33. The minimum atomic E-state index is -0.585. The van der Waals surface area contributed by atoms with E-state index in [9.17, 15) is 9.59 Å². The van der Waals surface area contributed by atoms with E-state index >= 15 is 0 Å². The van der Waals surface area contributed by atoms with E-state index in [1.54, 1.807) is 19.1 Å². The molecule has 0 heterocycles. The molecule has 3 N–H and O–H groups in total. The Kier molecular flexibility index (Phi) is 5.35. The molecule has 1 aromatic carbocycles. The average Bonchev–Trinajstić information content (AvgIpc) is 2.39. The van der Waals surface area contributed by atoms with Crippen molar-refractivity contribution in [3.05, 3.63) is 29.3 Å². The van der Waals surface area contributed by atoms with Gasteiger partial charge in [-0.1, -0.05) is 0 Å². The number of nitrogens with two attached hydrogens (primary N) is 1. The lowest BCUT2D eigenvalue weighted by molar-refractivity contribution is -0.124. The molecule has 0 radical (unpaired) electrons. The highest BCUT2D eigenvalue weighted by atomic mass is 16.5. The number of benzene rings is 1. The Labute approximate surface area is 111 Å². The molecule has 1 amide bonds. The summed E-state index contributed by atoms with van der Waals surface area (Å²) in [5.41, 5.74) is 7.34. The van der Waals surface area contributed by atoms with Crippen LogP contribution in [0, 0.1) is 18.3 Å². The number of carbonyl (C=O) groups excluding carboxylic acids is 2. The Morgan fingerprint density at radius 1 is 1.47 bits per heavy atom. The van der Waals surface area contributed by atoms with Gasteiger partial charge in [-0.3, -0.25) is 4.79 Å². The third-order valence-corrected chi connectivity index (χ3v) is 2.40. The molecule has 1 aromatic rings. The van der Waals surface area contributed by atoms with Gasteiger partial charge in [0.15, 0.2) is 6.61 Å². The highest BCUT2D eigenvalue weighted by Crippen LogP contribution is 2.13. The van der Waals surface area contributed by atoms with Crippen LogP contribution in [0.1, 0.15) is 22.3 Å². The molecule has 6 nitrogen and oxygen atoms in total. The van der Waals surface area contributed by atoms with Gasteiger partial charge >= 0.3 is 5.97 Å². The maximum atomic E-state index is 11.6. The number of hydrogen-bond acceptors (Lipinski definition) is 5. The average molecular weight is 261 g/mol. The topological polar surface area (TPSA) is 105 Å². The number of nitrogens with zero attached hydrogens (tertiary/aromatic N) is 1. The summed E-state index contributed by atoms with van der Waals surface area (Å²) in [7, 11) is 0. The standard InChI is InChI=1S/C13H15N3O3/c1-9-7-10(3-4-11(9)15)13(18)19-8-12(17)16-6-2-5-14/h3-4,7H,2,6,8,15H2,1H3,(H,16,17). The predicted octanol–water partition coefficient (Wildman–Crippen LogP) is 0.764. The quantitative estimate of drug-likeness (QED) is 0.462. The summed E-state index contributed by atoms with van der Waals surface area (Å²) in [5, 5.41) is 10.7. The van der Waals surface area contributed by atoms with Crippen LogP contribution in [0.4, 0.5) is 5.69 Å². The monoisotopic (exact) mass is 261 g/mol. The molecule has 0 aliphatic heterocycles. The van der Waals surface area contributed by atoms with Crippen LogP contribution in [0.2, 0.25) is 0 Å². The van der Waals surface area contributed by atoms with E-state index in [1.807, 2.05) is 6.07 Å². The minimum absolute atomic E-state index is 0.219. The van der Waals surface area contributed by atoms with Crippen LogP contribution in [0.15, 0.2) is 18.2 Å². The molecule has 0 saturated heterocycles. The molecule has 0 saturated carbocycles. The van der Waals surface area contributed by atoms with E-state index < -0.39 is 11.9 Å². The first kappa shape index (κ1) is 14.5. The van der Waals surface area contributed by atoms with Crippen LogP contribution in [-0.4, -0.2) is 25.0 Å². The van der Waals surface area contributed by atoms with Gasteiger partial charge in [-0.15, -0.1) is 0 Å². The van der Waals surface area contributed by atoms with Gasteiger partial charge in [0, 0.05) is 12.2 Å². The third kappa shape index (κ3) is 4.68. The Morgan fingerprint density at radius 2 is 2.21 bits per heavy atom. The SMILES string of the molecule is Cc1cc(C(=O)OCC(=O)NCCC#N)ccc1N. The largest absolute Gasteiger partial charge is 0.452 e. The van der Waals surface area contributed by atoms with Crippen molar-refractivity contribution in [1.29, 1.82) is 5.26 Å². The van der Waals surface area contributed by atoms with Crippen LogP contribution >= 0.6 is 0 Å². The summed E-state index contributed by atoms with van der Waals surface area (Å²) in [6, 6.07) is 6.64. The third-order valence-electron chi connectivity index (χ3n) is 2.40. The fourth-order valence-electron chi connectivity index (χ4n) is 1.33. The van der Waals surface area contributed by atoms with Crippen LogP contribution < -0.4 is 11.1 Å². The number of carbonyl (C=O) groups is 2. The maximum absolute atomic E-state index is 11.6. The molecule has 0 aliphatic carbocycles. The van der Waals surface area contributed by atoms with Crippen molar-refractivity contribution in [1.82, 2.24) is 5.32 Å². The van der Waals surface area contributed by atoms with Crippen LogP contribution in [0.3, 0.4) is 0 Å². The van der Waals surface area contributed by atoms with Crippen molar-refractivity contribution < 1.29 is 14.3 Å². The van der Waals surface area contributed by atoms with Gasteiger partial charge in [0.2, 0.25) is 0 Å². The summed E-state index contributed by atoms with van der Waals surface area (Å²) in [6.45, 7) is 1.66. The van der Waals surface area contributed by atoms with E-state index in [-0.39, 0.29) is 19.6 Å². The zero-order chi connectivity index (χ0) is 14.3. The molecule has 0 fully saturated rings. The molecule has 0 atom stereocenters. The van der Waals surface area contributed by atoms with Gasteiger partial charge in [0.05, 0.1) is 18.1 Å². The molecule has 0 spiro atoms. The first-order valence-electron chi connectivity index (χ1n) is 5.71. The smallest absolute Gasteiger partial charge is 0.338 e. The number of aryl methyl sites for hydroxylation is 1. The fraction of sp³-hybridized carbons (Fsp3) is 0.308. The number of amides is 1. The molecule has 0 bridgehead atoms. The second kappa shape index (κ2) is 7.01. The molecule has 0 unspecified atom stereocenters. The van der Waals surface area contributed by atoms with Crippen molar-refractivity contribution in [2.24, 2.45) is 0 Å². The molecule has 0 aromatic heterocycles. The zero-order valence-electron chi connectivity index (χ0n) is 10.6. The number of rotatable bonds is 5. The number of nitriles is 1. The van der Waals surface area contributed by atoms with Gasteiger partial charge in [-0.2, -0.15) is 5.26 Å². The van der Waals surface area contributed by atoms with Gasteiger partial charge in [-0.05, 0) is 30.7 Å². The van der Waals surface area contributed by atoms with Crippen molar-refractivity contribution in [2.75, 3.05) is 18.9 Å². The Bertz CT molecular complexity index is 520. The maximum Gasteiger partial charge on any atom is 0.338 e. The first-order valence-corrected chi connectivity index (χ1v) is 5.71. The molecule has 0 aliphatic rings. The zero-order valence-corrected chi connectivity index (χ0v) is 10.6. The van der Waals surface area contributed by atoms with Crippen LogP contribution in [0.5, 0.6) is 0 Å². The normalized spacial score (nSPS) is 9.47. The van der Waals surface area contributed by atoms with E-state index in [2.05, 4.69) is 5.32 Å². The van der Waals surface area contributed by atoms with Crippen LogP contribution in [-0.2, 0) is 9.53 Å². The number of nitrogens with one attached hydrogen (secondary N) is 1. The number of nitrogen functional groups attached to an aromatic ring is 1. The molecule has 6 heteroatoms. The number of hydrogen-bond donors (Lipinski definition) is 2. The van der Waals surface area contributed by atoms with E-state index in [4.69, 9.17) is 15.7 Å². The van der Waals surface area contributed by atoms with Gasteiger partial charge < -0.3 is 15.8 Å². The van der Waals surface area contributed by atoms with Crippen molar-refractivity contribution in [3.8, 4) is 6.07 Å². The second-order valence-electron chi connectivity index (χ2n) is 3.91. The van der Waals surface area contributed by atoms with Crippen LogP contribution in [0.25, 0.3) is 0 Å². The summed E-state index contributed by atoms with van der Waals surface area (Å²) in [4.78, 5) is 22.9. The van der Waals surface area contributed by atoms with Gasteiger partial charge in [0.1, 0.15) is 0 Å². The Hall–Kier alpha value is -2.55. The molecule has 19 heavy (non-hydrogen) atoms. The first-order chi connectivity index (χ1) is 9.04. The molecule has 100 valence electrons. The molecule has 1 rings (SSSR count). The molecular formula is C13H15N3O3. The lowest BCUT2D eigenvalue weighted by atomic mass is 10.1. The van der Waals surface area contributed by atoms with Crippen molar-refractivity contribution in [3.63, 3.8) is 0 Å². The minimum Gasteiger partial charge on any atom is -0.452 e. The highest BCUT2D eigenvalue weighted by Gasteiger charge is 2.10. The summed E-state index contributed by atoms with van der Waals surface area (Å²) in [5.74, 6) is -1.02. The van der Waals surface area contributed by atoms with E-state index in [0.717, 1.165) is 5.56 Å². The van der Waals surface area contributed by atoms with E-state index in [1.165, 1.54) is 6.07 Å². The number of ether oxygens (including phenoxy) is 1. The summed E-state index contributed by atoms with van der Waals surface area (Å²) in [6.07, 6.45) is 0.219. The number of esters is 1. The summed E-state index contributed by atoms with van der Waals surface area (Å²) >= 11 is 0. The Balaban J connectivity index is 2.45. The van der Waals surface area contributed by atoms with Gasteiger partial charge in [-0.25, -0.2) is 4.79 Å². The second-order valence-corrected chi connectivity index (χ2v) is 3.91. The lowest BCUT2D eigenvalue weighted by Crippen LogP contribution is -2.29. The number of anilines is 1.